The number of hydrogen-bond donors (Lipinski definition) is 1. The quantitative estimate of drug-likeness (QED) is 0.885. The molecule has 0 bridgehead atoms. The molecule has 0 saturated heterocycles. The number of ether oxygens (including phenoxy) is 1. The predicted octanol–water partition coefficient (Wildman–Crippen LogP) is 4.20. The molecule has 0 aliphatic carbocycles. The van der Waals surface area contributed by atoms with Crippen LogP contribution in [0.15, 0.2) is 30.3 Å². The molecule has 0 fully saturated rings. The second-order valence-electron chi connectivity index (χ2n) is 3.61. The highest BCUT2D eigenvalue weighted by Gasteiger charge is 2.14. The van der Waals surface area contributed by atoms with E-state index in [1.165, 1.54) is 0 Å². The molecule has 0 aliphatic rings. The zero-order valence-corrected chi connectivity index (χ0v) is 10.4. The fourth-order valence-corrected chi connectivity index (χ4v) is 1.90. The van der Waals surface area contributed by atoms with Crippen molar-refractivity contribution in [1.29, 1.82) is 0 Å². The number of amides is 1. The third kappa shape index (κ3) is 2.38. The molecule has 0 aliphatic heterocycles. The van der Waals surface area contributed by atoms with Crippen LogP contribution in [0.2, 0.25) is 5.02 Å². The summed E-state index contributed by atoms with van der Waals surface area (Å²) in [5.41, 5.74) is -0.0613. The van der Waals surface area contributed by atoms with Gasteiger partial charge in [-0.2, -0.15) is 0 Å². The van der Waals surface area contributed by atoms with Crippen molar-refractivity contribution in [3.63, 3.8) is 0 Å². The van der Waals surface area contributed by atoms with Crippen LogP contribution in [-0.4, -0.2) is 12.7 Å². The van der Waals surface area contributed by atoms with Gasteiger partial charge in [0.2, 0.25) is 0 Å². The standard InChI is InChI=1S/C13H11ClFNO2/c1-2-18-13(17)16-12-10(14)7-8-5-3-4-6-9(8)11(12)15/h3-7H,2H2,1H3,(H,16,17). The fourth-order valence-electron chi connectivity index (χ4n) is 1.65. The average molecular weight is 268 g/mol. The zero-order valence-electron chi connectivity index (χ0n) is 9.67. The van der Waals surface area contributed by atoms with Crippen molar-refractivity contribution < 1.29 is 13.9 Å². The molecular formula is C13H11ClFNO2. The Bertz CT molecular complexity index is 601. The molecule has 0 heterocycles. The molecule has 0 atom stereocenters. The first-order valence-electron chi connectivity index (χ1n) is 5.44. The van der Waals surface area contributed by atoms with Gasteiger partial charge in [-0.25, -0.2) is 9.18 Å². The third-order valence-corrected chi connectivity index (χ3v) is 2.74. The summed E-state index contributed by atoms with van der Waals surface area (Å²) in [6, 6.07) is 8.47. The first-order chi connectivity index (χ1) is 8.63. The molecule has 0 unspecified atom stereocenters. The Hall–Kier alpha value is -1.81. The number of anilines is 1. The summed E-state index contributed by atoms with van der Waals surface area (Å²) < 4.78 is 18.9. The van der Waals surface area contributed by atoms with E-state index in [0.717, 1.165) is 0 Å². The number of fused-ring (bicyclic) bond motifs is 1. The van der Waals surface area contributed by atoms with Gasteiger partial charge in [-0.1, -0.05) is 35.9 Å². The number of benzene rings is 2. The Balaban J connectivity index is 2.47. The van der Waals surface area contributed by atoms with E-state index < -0.39 is 11.9 Å². The molecule has 5 heteroatoms. The fraction of sp³-hybridized carbons (Fsp3) is 0.154. The van der Waals surface area contributed by atoms with Crippen LogP contribution in [0.4, 0.5) is 14.9 Å². The Kier molecular flexibility index (Phi) is 3.67. The maximum absolute atomic E-state index is 14.2. The summed E-state index contributed by atoms with van der Waals surface area (Å²) in [4.78, 5) is 11.3. The average Bonchev–Trinajstić information content (AvgIpc) is 2.35. The molecule has 18 heavy (non-hydrogen) atoms. The molecule has 0 radical (unpaired) electrons. The van der Waals surface area contributed by atoms with E-state index in [4.69, 9.17) is 16.3 Å². The second kappa shape index (κ2) is 5.23. The minimum atomic E-state index is -0.728. The summed E-state index contributed by atoms with van der Waals surface area (Å²) in [6.45, 7) is 1.87. The first-order valence-corrected chi connectivity index (χ1v) is 5.81. The minimum Gasteiger partial charge on any atom is -0.450 e. The molecule has 2 rings (SSSR count). The van der Waals surface area contributed by atoms with Crippen LogP contribution in [-0.2, 0) is 4.74 Å². The lowest BCUT2D eigenvalue weighted by Gasteiger charge is -2.10. The number of carbonyl (C=O) groups is 1. The molecule has 2 aromatic carbocycles. The van der Waals surface area contributed by atoms with Crippen LogP contribution in [0.1, 0.15) is 6.92 Å². The Morgan fingerprint density at radius 3 is 2.89 bits per heavy atom. The maximum atomic E-state index is 14.2. The van der Waals surface area contributed by atoms with Gasteiger partial charge < -0.3 is 4.74 Å². The number of hydrogen-bond acceptors (Lipinski definition) is 2. The van der Waals surface area contributed by atoms with Gasteiger partial charge in [0.25, 0.3) is 0 Å². The van der Waals surface area contributed by atoms with E-state index in [2.05, 4.69) is 5.32 Å². The van der Waals surface area contributed by atoms with Gasteiger partial charge in [-0.15, -0.1) is 0 Å². The normalized spacial score (nSPS) is 10.4. The second-order valence-corrected chi connectivity index (χ2v) is 4.02. The zero-order chi connectivity index (χ0) is 13.1. The Morgan fingerprint density at radius 1 is 1.44 bits per heavy atom. The first kappa shape index (κ1) is 12.6. The summed E-state index contributed by atoms with van der Waals surface area (Å²) in [7, 11) is 0. The van der Waals surface area contributed by atoms with E-state index in [9.17, 15) is 9.18 Å². The van der Waals surface area contributed by atoms with Crippen molar-refractivity contribution in [1.82, 2.24) is 0 Å². The monoisotopic (exact) mass is 267 g/mol. The topological polar surface area (TPSA) is 38.3 Å². The molecule has 0 saturated carbocycles. The van der Waals surface area contributed by atoms with E-state index in [1.807, 2.05) is 0 Å². The number of carbonyl (C=O) groups excluding carboxylic acids is 1. The van der Waals surface area contributed by atoms with Crippen molar-refractivity contribution in [2.24, 2.45) is 0 Å². The van der Waals surface area contributed by atoms with Crippen molar-refractivity contribution >= 4 is 34.2 Å². The summed E-state index contributed by atoms with van der Waals surface area (Å²) in [6.07, 6.45) is -0.728. The van der Waals surface area contributed by atoms with Gasteiger partial charge in [-0.3, -0.25) is 5.32 Å². The van der Waals surface area contributed by atoms with Crippen molar-refractivity contribution in [2.45, 2.75) is 6.92 Å². The molecule has 3 nitrogen and oxygen atoms in total. The summed E-state index contributed by atoms with van der Waals surface area (Å²) in [5.74, 6) is -0.564. The van der Waals surface area contributed by atoms with Gasteiger partial charge in [0.05, 0.1) is 17.3 Å². The van der Waals surface area contributed by atoms with Gasteiger partial charge in [0.15, 0.2) is 5.82 Å². The lowest BCUT2D eigenvalue weighted by molar-refractivity contribution is 0.168. The molecule has 2 aromatic rings. The lowest BCUT2D eigenvalue weighted by Crippen LogP contribution is -2.14. The van der Waals surface area contributed by atoms with Gasteiger partial charge in [-0.05, 0) is 18.4 Å². The van der Waals surface area contributed by atoms with Crippen molar-refractivity contribution in [3.05, 3.63) is 41.2 Å². The minimum absolute atomic E-state index is 0.0613. The van der Waals surface area contributed by atoms with Gasteiger partial charge in [0.1, 0.15) is 0 Å². The van der Waals surface area contributed by atoms with E-state index in [1.54, 1.807) is 37.3 Å². The summed E-state index contributed by atoms with van der Waals surface area (Å²) >= 11 is 5.94. The number of halogens is 2. The smallest absolute Gasteiger partial charge is 0.411 e. The van der Waals surface area contributed by atoms with E-state index in [0.29, 0.717) is 10.8 Å². The van der Waals surface area contributed by atoms with Crippen molar-refractivity contribution in [2.75, 3.05) is 11.9 Å². The Morgan fingerprint density at radius 2 is 2.17 bits per heavy atom. The van der Waals surface area contributed by atoms with Crippen LogP contribution in [0.3, 0.4) is 0 Å². The number of rotatable bonds is 2. The van der Waals surface area contributed by atoms with Crippen LogP contribution in [0, 0.1) is 5.82 Å². The highest BCUT2D eigenvalue weighted by molar-refractivity contribution is 6.34. The highest BCUT2D eigenvalue weighted by atomic mass is 35.5. The molecule has 94 valence electrons. The molecule has 1 N–H and O–H groups in total. The maximum Gasteiger partial charge on any atom is 0.411 e. The summed E-state index contributed by atoms with van der Waals surface area (Å²) in [5, 5.41) is 3.51. The van der Waals surface area contributed by atoms with Crippen LogP contribution in [0.5, 0.6) is 0 Å². The largest absolute Gasteiger partial charge is 0.450 e. The molecular weight excluding hydrogens is 257 g/mol. The third-order valence-electron chi connectivity index (χ3n) is 2.44. The van der Waals surface area contributed by atoms with Gasteiger partial charge >= 0.3 is 6.09 Å². The molecule has 0 aromatic heterocycles. The highest BCUT2D eigenvalue weighted by Crippen LogP contribution is 2.32. The van der Waals surface area contributed by atoms with Crippen LogP contribution in [0.25, 0.3) is 10.8 Å². The van der Waals surface area contributed by atoms with E-state index >= 15 is 0 Å². The molecule has 1 amide bonds. The Labute approximate surface area is 109 Å². The van der Waals surface area contributed by atoms with Crippen LogP contribution < -0.4 is 5.32 Å². The van der Waals surface area contributed by atoms with E-state index in [-0.39, 0.29) is 17.3 Å². The SMILES string of the molecule is CCOC(=O)Nc1c(Cl)cc2ccccc2c1F. The number of nitrogens with one attached hydrogen (secondary N) is 1. The molecule has 0 spiro atoms. The van der Waals surface area contributed by atoms with Crippen LogP contribution >= 0.6 is 11.6 Å². The lowest BCUT2D eigenvalue weighted by atomic mass is 10.1. The predicted molar refractivity (Wildman–Crippen MR) is 69.6 cm³/mol. The van der Waals surface area contributed by atoms with Gasteiger partial charge in [0, 0.05) is 5.39 Å². The van der Waals surface area contributed by atoms with Crippen molar-refractivity contribution in [3.8, 4) is 0 Å².